The Morgan fingerprint density at radius 3 is 2.71 bits per heavy atom. The molecule has 0 aromatic carbocycles. The van der Waals surface area contributed by atoms with Gasteiger partial charge in [0.05, 0.1) is 6.54 Å². The minimum Gasteiger partial charge on any atom is -0.361 e. The number of nitrogens with one attached hydrogen (secondary N) is 1. The number of likely N-dealkylation sites (N-methyl/N-ethyl adjacent to an activating group) is 1. The predicted molar refractivity (Wildman–Crippen MR) is 84.7 cm³/mol. The molecule has 0 bridgehead atoms. The van der Waals surface area contributed by atoms with Crippen LogP contribution in [0.15, 0.2) is 10.6 Å². The summed E-state index contributed by atoms with van der Waals surface area (Å²) in [5, 5.41) is 7.06. The molecule has 1 aromatic rings. The first-order chi connectivity index (χ1) is 9.86. The van der Waals surface area contributed by atoms with Gasteiger partial charge in [0.25, 0.3) is 0 Å². The van der Waals surface area contributed by atoms with Gasteiger partial charge in [0.2, 0.25) is 0 Å². The summed E-state index contributed by atoms with van der Waals surface area (Å²) in [6, 6.07) is 1.77. The quantitative estimate of drug-likeness (QED) is 0.531. The second kappa shape index (κ2) is 8.29. The van der Waals surface area contributed by atoms with Crippen LogP contribution in [-0.4, -0.2) is 48.6 Å². The molecule has 0 atom stereocenters. The number of rotatable bonds is 10. The molecule has 0 aliphatic carbocycles. The van der Waals surface area contributed by atoms with Gasteiger partial charge < -0.3 is 14.7 Å². The first kappa shape index (κ1) is 17.9. The molecule has 5 nitrogen and oxygen atoms in total. The Morgan fingerprint density at radius 1 is 1.38 bits per heavy atom. The summed E-state index contributed by atoms with van der Waals surface area (Å²) in [4.78, 5) is 14.2. The van der Waals surface area contributed by atoms with Crippen molar-refractivity contribution in [2.24, 2.45) is 0 Å². The van der Waals surface area contributed by atoms with E-state index in [2.05, 4.69) is 36.1 Å². The largest absolute Gasteiger partial charge is 0.361 e. The molecule has 0 amide bonds. The topological polar surface area (TPSA) is 58.4 Å². The first-order valence-electron chi connectivity index (χ1n) is 7.73. The standard InChI is InChI=1S/C16H29N3O2/c1-6-7-8-9-13-10-14(18-21-13)15(20)11-17-12-16(2,3)19(4)5/h10,17H,6-9,11-12H2,1-5H3. The highest BCUT2D eigenvalue weighted by molar-refractivity contribution is 5.95. The van der Waals surface area contributed by atoms with E-state index in [9.17, 15) is 4.79 Å². The van der Waals surface area contributed by atoms with E-state index in [4.69, 9.17) is 4.52 Å². The van der Waals surface area contributed by atoms with E-state index in [-0.39, 0.29) is 17.9 Å². The molecule has 0 saturated carbocycles. The van der Waals surface area contributed by atoms with Crippen molar-refractivity contribution in [2.75, 3.05) is 27.2 Å². The number of hydrogen-bond acceptors (Lipinski definition) is 5. The van der Waals surface area contributed by atoms with Gasteiger partial charge in [-0.1, -0.05) is 24.9 Å². The van der Waals surface area contributed by atoms with Gasteiger partial charge in [0, 0.05) is 24.6 Å². The zero-order valence-corrected chi connectivity index (χ0v) is 14.0. The minimum atomic E-state index is -0.0185. The maximum absolute atomic E-state index is 12.0. The highest BCUT2D eigenvalue weighted by Gasteiger charge is 2.20. The number of aryl methyl sites for hydroxylation is 1. The van der Waals surface area contributed by atoms with Crippen LogP contribution in [0, 0.1) is 0 Å². The van der Waals surface area contributed by atoms with Crippen molar-refractivity contribution in [3.05, 3.63) is 17.5 Å². The van der Waals surface area contributed by atoms with E-state index in [1.807, 2.05) is 14.1 Å². The molecule has 0 unspecified atom stereocenters. The van der Waals surface area contributed by atoms with E-state index in [0.29, 0.717) is 5.69 Å². The Morgan fingerprint density at radius 2 is 2.10 bits per heavy atom. The lowest BCUT2D eigenvalue weighted by atomic mass is 10.0. The zero-order chi connectivity index (χ0) is 15.9. The van der Waals surface area contributed by atoms with Gasteiger partial charge in [-0.15, -0.1) is 0 Å². The molecule has 5 heteroatoms. The van der Waals surface area contributed by atoms with Crippen LogP contribution >= 0.6 is 0 Å². The number of hydrogen-bond donors (Lipinski definition) is 1. The van der Waals surface area contributed by atoms with Crippen LogP contribution in [0.4, 0.5) is 0 Å². The molecule has 0 fully saturated rings. The van der Waals surface area contributed by atoms with Crippen LogP contribution in [0.1, 0.15) is 56.3 Å². The molecular weight excluding hydrogens is 266 g/mol. The summed E-state index contributed by atoms with van der Waals surface area (Å²) in [6.45, 7) is 7.46. The monoisotopic (exact) mass is 295 g/mol. The molecule has 120 valence electrons. The third-order valence-electron chi connectivity index (χ3n) is 3.93. The molecule has 0 radical (unpaired) electrons. The number of ketones is 1. The third-order valence-corrected chi connectivity index (χ3v) is 3.93. The van der Waals surface area contributed by atoms with Gasteiger partial charge in [-0.05, 0) is 34.4 Å². The van der Waals surface area contributed by atoms with Crippen LogP contribution < -0.4 is 5.32 Å². The second-order valence-corrected chi connectivity index (χ2v) is 6.37. The molecular formula is C16H29N3O2. The lowest BCUT2D eigenvalue weighted by Crippen LogP contribution is -2.47. The van der Waals surface area contributed by atoms with E-state index in [1.165, 1.54) is 12.8 Å². The number of nitrogens with zero attached hydrogens (tertiary/aromatic N) is 2. The molecule has 0 saturated heterocycles. The Kier molecular flexibility index (Phi) is 7.05. The van der Waals surface area contributed by atoms with E-state index in [0.717, 1.165) is 25.1 Å². The van der Waals surface area contributed by atoms with E-state index < -0.39 is 0 Å². The number of carbonyl (C=O) groups is 1. The highest BCUT2D eigenvalue weighted by atomic mass is 16.5. The van der Waals surface area contributed by atoms with Crippen molar-refractivity contribution in [2.45, 2.75) is 52.0 Å². The Hall–Kier alpha value is -1.20. The normalized spacial score (nSPS) is 12.1. The van der Waals surface area contributed by atoms with E-state index in [1.54, 1.807) is 6.07 Å². The fourth-order valence-corrected chi connectivity index (χ4v) is 1.84. The Labute approximate surface area is 128 Å². The number of unbranched alkanes of at least 4 members (excludes halogenated alkanes) is 2. The lowest BCUT2D eigenvalue weighted by Gasteiger charge is -2.32. The van der Waals surface area contributed by atoms with Gasteiger partial charge in [0.15, 0.2) is 11.5 Å². The summed E-state index contributed by atoms with van der Waals surface area (Å²) >= 11 is 0. The van der Waals surface area contributed by atoms with Crippen LogP contribution in [-0.2, 0) is 6.42 Å². The highest BCUT2D eigenvalue weighted by Crippen LogP contribution is 2.10. The lowest BCUT2D eigenvalue weighted by molar-refractivity contribution is 0.0974. The van der Waals surface area contributed by atoms with Crippen LogP contribution in [0.2, 0.25) is 0 Å². The van der Waals surface area contributed by atoms with Gasteiger partial charge in [-0.25, -0.2) is 0 Å². The Bertz CT molecular complexity index is 438. The number of carbonyl (C=O) groups excluding carboxylic acids is 1. The SMILES string of the molecule is CCCCCc1cc(C(=O)CNCC(C)(C)N(C)C)no1. The maximum atomic E-state index is 12.0. The van der Waals surface area contributed by atoms with Gasteiger partial charge in [-0.3, -0.25) is 4.79 Å². The average Bonchev–Trinajstić information content (AvgIpc) is 2.87. The van der Waals surface area contributed by atoms with Crippen molar-refractivity contribution in [1.29, 1.82) is 0 Å². The van der Waals surface area contributed by atoms with E-state index >= 15 is 0 Å². The molecule has 1 N–H and O–H groups in total. The molecule has 0 spiro atoms. The molecule has 1 heterocycles. The maximum Gasteiger partial charge on any atom is 0.198 e. The summed E-state index contributed by atoms with van der Waals surface area (Å²) in [5.41, 5.74) is 0.437. The second-order valence-electron chi connectivity index (χ2n) is 6.37. The molecule has 21 heavy (non-hydrogen) atoms. The third kappa shape index (κ3) is 5.98. The van der Waals surface area contributed by atoms with Crippen molar-refractivity contribution < 1.29 is 9.32 Å². The molecule has 1 rings (SSSR count). The van der Waals surface area contributed by atoms with Crippen molar-refractivity contribution in [3.63, 3.8) is 0 Å². The summed E-state index contributed by atoms with van der Waals surface area (Å²) < 4.78 is 5.21. The first-order valence-corrected chi connectivity index (χ1v) is 7.73. The van der Waals surface area contributed by atoms with Crippen molar-refractivity contribution in [3.8, 4) is 0 Å². The molecule has 1 aromatic heterocycles. The van der Waals surface area contributed by atoms with Crippen LogP contribution in [0.5, 0.6) is 0 Å². The number of Topliss-reactive ketones (excluding diaryl/α,β-unsaturated/α-hetero) is 1. The fourth-order valence-electron chi connectivity index (χ4n) is 1.84. The van der Waals surface area contributed by atoms with Crippen LogP contribution in [0.25, 0.3) is 0 Å². The van der Waals surface area contributed by atoms with Crippen LogP contribution in [0.3, 0.4) is 0 Å². The van der Waals surface area contributed by atoms with Crippen molar-refractivity contribution in [1.82, 2.24) is 15.4 Å². The van der Waals surface area contributed by atoms with Gasteiger partial charge in [-0.2, -0.15) is 0 Å². The average molecular weight is 295 g/mol. The van der Waals surface area contributed by atoms with Gasteiger partial charge in [0.1, 0.15) is 5.76 Å². The summed E-state index contributed by atoms with van der Waals surface area (Å²) in [7, 11) is 4.06. The van der Waals surface area contributed by atoms with Gasteiger partial charge >= 0.3 is 0 Å². The Balaban J connectivity index is 2.39. The summed E-state index contributed by atoms with van der Waals surface area (Å²) in [6.07, 6.45) is 4.28. The molecule has 0 aliphatic heterocycles. The molecule has 0 aliphatic rings. The zero-order valence-electron chi connectivity index (χ0n) is 14.0. The predicted octanol–water partition coefficient (Wildman–Crippen LogP) is 2.52. The van der Waals surface area contributed by atoms with Crippen molar-refractivity contribution >= 4 is 5.78 Å². The smallest absolute Gasteiger partial charge is 0.198 e. The fraction of sp³-hybridized carbons (Fsp3) is 0.750. The number of aromatic nitrogens is 1. The summed E-state index contributed by atoms with van der Waals surface area (Å²) in [5.74, 6) is 0.787. The minimum absolute atomic E-state index is 0.00934.